The van der Waals surface area contributed by atoms with Crippen LogP contribution in [0.15, 0.2) is 24.3 Å². The van der Waals surface area contributed by atoms with E-state index in [1.165, 1.54) is 24.3 Å². The van der Waals surface area contributed by atoms with E-state index in [2.05, 4.69) is 21.2 Å². The average molecular weight is 272 g/mol. The van der Waals surface area contributed by atoms with E-state index in [1.54, 1.807) is 0 Å². The molecule has 0 spiro atoms. The number of hydrogen-bond acceptors (Lipinski definition) is 2. The molecule has 3 nitrogen and oxygen atoms in total. The SMILES string of the molecule is O=C1NC(=O)C(c2ccc(F)cc2)C1Br. The zero-order valence-electron chi connectivity index (χ0n) is 7.54. The number of rotatable bonds is 1. The molecule has 0 radical (unpaired) electrons. The third-order valence-corrected chi connectivity index (χ3v) is 3.25. The number of nitrogens with one attached hydrogen (secondary N) is 1. The summed E-state index contributed by atoms with van der Waals surface area (Å²) in [7, 11) is 0. The zero-order chi connectivity index (χ0) is 11.0. The Morgan fingerprint density at radius 2 is 1.73 bits per heavy atom. The quantitative estimate of drug-likeness (QED) is 0.619. The van der Waals surface area contributed by atoms with Gasteiger partial charge in [0.1, 0.15) is 10.6 Å². The Morgan fingerprint density at radius 3 is 2.20 bits per heavy atom. The third-order valence-electron chi connectivity index (χ3n) is 2.30. The number of amides is 2. The van der Waals surface area contributed by atoms with Crippen LogP contribution in [0.2, 0.25) is 0 Å². The molecule has 5 heteroatoms. The molecule has 2 rings (SSSR count). The van der Waals surface area contributed by atoms with Crippen LogP contribution in [0, 0.1) is 5.82 Å². The second-order valence-electron chi connectivity index (χ2n) is 3.28. The highest BCUT2D eigenvalue weighted by molar-refractivity contribution is 9.10. The summed E-state index contributed by atoms with van der Waals surface area (Å²) in [6.07, 6.45) is 0. The van der Waals surface area contributed by atoms with Crippen molar-refractivity contribution in [3.8, 4) is 0 Å². The van der Waals surface area contributed by atoms with Gasteiger partial charge >= 0.3 is 0 Å². The van der Waals surface area contributed by atoms with Crippen molar-refractivity contribution in [1.29, 1.82) is 0 Å². The molecule has 1 fully saturated rings. The minimum Gasteiger partial charge on any atom is -0.295 e. The van der Waals surface area contributed by atoms with Crippen LogP contribution in [-0.4, -0.2) is 16.6 Å². The lowest BCUT2D eigenvalue weighted by Crippen LogP contribution is -2.22. The molecule has 0 aromatic heterocycles. The van der Waals surface area contributed by atoms with E-state index in [9.17, 15) is 14.0 Å². The number of imide groups is 1. The van der Waals surface area contributed by atoms with Crippen LogP contribution in [0.25, 0.3) is 0 Å². The molecule has 2 amide bonds. The number of hydrogen-bond donors (Lipinski definition) is 1. The minimum atomic E-state index is -0.574. The Labute approximate surface area is 93.8 Å². The van der Waals surface area contributed by atoms with Gasteiger partial charge in [-0.15, -0.1) is 0 Å². The summed E-state index contributed by atoms with van der Waals surface area (Å²) in [4.78, 5) is 22.0. The third kappa shape index (κ3) is 1.79. The van der Waals surface area contributed by atoms with Crippen LogP contribution < -0.4 is 5.32 Å². The van der Waals surface area contributed by atoms with Gasteiger partial charge in [0.25, 0.3) is 0 Å². The fraction of sp³-hybridized carbons (Fsp3) is 0.200. The van der Waals surface area contributed by atoms with Crippen molar-refractivity contribution in [2.45, 2.75) is 10.7 Å². The molecule has 1 aliphatic heterocycles. The molecule has 15 heavy (non-hydrogen) atoms. The van der Waals surface area contributed by atoms with Gasteiger partial charge in [-0.2, -0.15) is 0 Å². The van der Waals surface area contributed by atoms with Gasteiger partial charge < -0.3 is 0 Å². The highest BCUT2D eigenvalue weighted by Gasteiger charge is 2.40. The van der Waals surface area contributed by atoms with E-state index in [-0.39, 0.29) is 17.6 Å². The summed E-state index contributed by atoms with van der Waals surface area (Å²) < 4.78 is 12.7. The first-order valence-corrected chi connectivity index (χ1v) is 5.25. The summed E-state index contributed by atoms with van der Waals surface area (Å²) in [6.45, 7) is 0. The molecule has 1 N–H and O–H groups in total. The first-order valence-electron chi connectivity index (χ1n) is 4.34. The Bertz CT molecular complexity index is 418. The van der Waals surface area contributed by atoms with E-state index in [1.807, 2.05) is 0 Å². The Morgan fingerprint density at radius 1 is 1.13 bits per heavy atom. The molecule has 78 valence electrons. The van der Waals surface area contributed by atoms with Gasteiger partial charge in [0.15, 0.2) is 0 Å². The molecule has 1 heterocycles. The molecule has 1 saturated heterocycles. The predicted molar refractivity (Wildman–Crippen MR) is 55.0 cm³/mol. The lowest BCUT2D eigenvalue weighted by atomic mass is 9.98. The van der Waals surface area contributed by atoms with Gasteiger partial charge in [0.05, 0.1) is 5.92 Å². The summed E-state index contributed by atoms with van der Waals surface area (Å²) in [6, 6.07) is 5.55. The van der Waals surface area contributed by atoms with Crippen molar-refractivity contribution in [2.75, 3.05) is 0 Å². The minimum absolute atomic E-state index is 0.352. The van der Waals surface area contributed by atoms with E-state index in [0.717, 1.165) is 0 Å². The van der Waals surface area contributed by atoms with Crippen LogP contribution >= 0.6 is 15.9 Å². The maximum atomic E-state index is 12.7. The van der Waals surface area contributed by atoms with E-state index < -0.39 is 10.7 Å². The van der Waals surface area contributed by atoms with Crippen LogP contribution in [0.3, 0.4) is 0 Å². The molecule has 2 unspecified atom stereocenters. The van der Waals surface area contributed by atoms with Crippen LogP contribution in [0.4, 0.5) is 4.39 Å². The van der Waals surface area contributed by atoms with Crippen LogP contribution in [-0.2, 0) is 9.59 Å². The topological polar surface area (TPSA) is 46.2 Å². The summed E-state index contributed by atoms with van der Waals surface area (Å²) in [5.41, 5.74) is 0.627. The zero-order valence-corrected chi connectivity index (χ0v) is 9.12. The van der Waals surface area contributed by atoms with Crippen LogP contribution in [0.1, 0.15) is 11.5 Å². The van der Waals surface area contributed by atoms with Crippen molar-refractivity contribution < 1.29 is 14.0 Å². The largest absolute Gasteiger partial charge is 0.295 e. The number of alkyl halides is 1. The molecular formula is C10H7BrFNO2. The van der Waals surface area contributed by atoms with Crippen molar-refractivity contribution >= 4 is 27.7 Å². The molecule has 0 saturated carbocycles. The van der Waals surface area contributed by atoms with Gasteiger partial charge in [-0.25, -0.2) is 4.39 Å². The van der Waals surface area contributed by atoms with Crippen LogP contribution in [0.5, 0.6) is 0 Å². The monoisotopic (exact) mass is 271 g/mol. The van der Waals surface area contributed by atoms with Gasteiger partial charge in [-0.05, 0) is 17.7 Å². The molecule has 1 aromatic rings. The standard InChI is InChI=1S/C10H7BrFNO2/c11-8-7(9(14)13-10(8)15)5-1-3-6(12)4-2-5/h1-4,7-8H,(H,13,14,15). The van der Waals surface area contributed by atoms with Gasteiger partial charge in [0.2, 0.25) is 11.8 Å². The molecule has 0 bridgehead atoms. The Kier molecular flexibility index (Phi) is 2.56. The predicted octanol–water partition coefficient (Wildman–Crippen LogP) is 1.33. The van der Waals surface area contributed by atoms with E-state index in [0.29, 0.717) is 5.56 Å². The molecule has 1 aromatic carbocycles. The number of halogens is 2. The van der Waals surface area contributed by atoms with Crippen molar-refractivity contribution in [1.82, 2.24) is 5.32 Å². The molecule has 1 aliphatic rings. The fourth-order valence-electron chi connectivity index (χ4n) is 1.54. The molecule has 2 atom stereocenters. The van der Waals surface area contributed by atoms with Gasteiger partial charge in [-0.3, -0.25) is 14.9 Å². The fourth-order valence-corrected chi connectivity index (χ4v) is 2.20. The number of benzene rings is 1. The summed E-state index contributed by atoms with van der Waals surface area (Å²) in [5.74, 6) is -1.64. The Hall–Kier alpha value is -1.23. The summed E-state index contributed by atoms with van der Waals surface area (Å²) in [5, 5.41) is 2.21. The van der Waals surface area contributed by atoms with Crippen molar-refractivity contribution in [3.63, 3.8) is 0 Å². The van der Waals surface area contributed by atoms with E-state index in [4.69, 9.17) is 0 Å². The first kappa shape index (κ1) is 10.3. The van der Waals surface area contributed by atoms with Gasteiger partial charge in [-0.1, -0.05) is 28.1 Å². The normalized spacial score (nSPS) is 25.5. The average Bonchev–Trinajstić information content (AvgIpc) is 2.44. The van der Waals surface area contributed by atoms with E-state index >= 15 is 0 Å². The Balaban J connectivity index is 2.34. The summed E-state index contributed by atoms with van der Waals surface area (Å²) >= 11 is 3.14. The molecular weight excluding hydrogens is 265 g/mol. The highest BCUT2D eigenvalue weighted by atomic mass is 79.9. The van der Waals surface area contributed by atoms with Crippen molar-refractivity contribution in [2.24, 2.45) is 0 Å². The number of carbonyl (C=O) groups excluding carboxylic acids is 2. The maximum absolute atomic E-state index is 12.7. The van der Waals surface area contributed by atoms with Gasteiger partial charge in [0, 0.05) is 0 Å². The second-order valence-corrected chi connectivity index (χ2v) is 4.27. The van der Waals surface area contributed by atoms with Crippen molar-refractivity contribution in [3.05, 3.63) is 35.6 Å². The lowest BCUT2D eigenvalue weighted by molar-refractivity contribution is -0.125. The maximum Gasteiger partial charge on any atom is 0.241 e. The molecule has 0 aliphatic carbocycles. The first-order chi connectivity index (χ1) is 7.09. The highest BCUT2D eigenvalue weighted by Crippen LogP contribution is 2.29. The number of carbonyl (C=O) groups is 2. The smallest absolute Gasteiger partial charge is 0.241 e. The second kappa shape index (κ2) is 3.73. The lowest BCUT2D eigenvalue weighted by Gasteiger charge is -2.09.